The minimum atomic E-state index is 0.495. The molecule has 0 aliphatic heterocycles. The molecule has 0 aliphatic rings. The molecule has 0 spiro atoms. The van der Waals surface area contributed by atoms with Gasteiger partial charge in [0.25, 0.3) is 0 Å². The molecule has 12 heavy (non-hydrogen) atoms. The number of allylic oxidation sites excluding steroid dienone is 3. The van der Waals surface area contributed by atoms with Gasteiger partial charge >= 0.3 is 0 Å². The molecular weight excluding hydrogens is 172 g/mol. The maximum atomic E-state index is 5.70. The summed E-state index contributed by atoms with van der Waals surface area (Å²) in [6.45, 7) is 13.0. The fourth-order valence-corrected chi connectivity index (χ4v) is 0.807. The molecule has 0 aromatic heterocycles. The summed E-state index contributed by atoms with van der Waals surface area (Å²) >= 11 is 5.70. The van der Waals surface area contributed by atoms with Gasteiger partial charge in [-0.15, -0.1) is 0 Å². The predicted octanol–water partition coefficient (Wildman–Crippen LogP) is 3.87. The van der Waals surface area contributed by atoms with E-state index in [1.165, 1.54) is 6.08 Å². The van der Waals surface area contributed by atoms with Gasteiger partial charge in [0.2, 0.25) is 0 Å². The van der Waals surface area contributed by atoms with E-state index in [0.717, 1.165) is 5.57 Å². The number of halogens is 1. The van der Waals surface area contributed by atoms with Crippen LogP contribution in [0.25, 0.3) is 0 Å². The average molecular weight is 189 g/mol. The highest BCUT2D eigenvalue weighted by Gasteiger charge is 2.00. The molecule has 0 bridgehead atoms. The quantitative estimate of drug-likeness (QED) is 0.483. The third kappa shape index (κ3) is 5.03. The Bertz CT molecular complexity index is 180. The molecule has 0 heterocycles. The van der Waals surface area contributed by atoms with Crippen LogP contribution in [0.5, 0.6) is 0 Å². The Morgan fingerprint density at radius 2 is 1.83 bits per heavy atom. The molecule has 0 unspecified atom stereocenters. The van der Waals surface area contributed by atoms with Gasteiger partial charge in [0.05, 0.1) is 12.1 Å². The zero-order valence-electron chi connectivity index (χ0n) is 8.28. The number of hydrogen-bond donors (Lipinski definition) is 0. The van der Waals surface area contributed by atoms with E-state index in [2.05, 4.69) is 13.2 Å². The minimum Gasteiger partial charge on any atom is -0.495 e. The van der Waals surface area contributed by atoms with Crippen LogP contribution in [0.1, 0.15) is 20.8 Å². The standard InChI is InChI=1S/C8H11ClO.C2H6/c1-5-7(9)8(10-4)6(2)3;1-2/h5H,1-2H2,3-4H3;1-2H3/b8-7-;. The van der Waals surface area contributed by atoms with E-state index in [1.807, 2.05) is 20.8 Å². The van der Waals surface area contributed by atoms with E-state index in [4.69, 9.17) is 16.3 Å². The third-order valence-corrected chi connectivity index (χ3v) is 1.31. The van der Waals surface area contributed by atoms with Gasteiger partial charge in [0, 0.05) is 0 Å². The molecule has 0 amide bonds. The Balaban J connectivity index is 0. The molecule has 2 heteroatoms. The second kappa shape index (κ2) is 8.41. The lowest BCUT2D eigenvalue weighted by Gasteiger charge is -2.05. The Labute approximate surface area is 80.4 Å². The van der Waals surface area contributed by atoms with Crippen molar-refractivity contribution in [2.24, 2.45) is 0 Å². The van der Waals surface area contributed by atoms with Crippen LogP contribution in [0.15, 0.2) is 35.6 Å². The van der Waals surface area contributed by atoms with Gasteiger partial charge < -0.3 is 4.74 Å². The number of ether oxygens (including phenoxy) is 1. The van der Waals surface area contributed by atoms with E-state index < -0.39 is 0 Å². The summed E-state index contributed by atoms with van der Waals surface area (Å²) < 4.78 is 4.94. The lowest BCUT2D eigenvalue weighted by atomic mass is 10.2. The normalized spacial score (nSPS) is 10.4. The van der Waals surface area contributed by atoms with Crippen molar-refractivity contribution >= 4 is 11.6 Å². The molecule has 70 valence electrons. The van der Waals surface area contributed by atoms with Gasteiger partial charge in [0.15, 0.2) is 0 Å². The Kier molecular flexibility index (Phi) is 9.72. The average Bonchev–Trinajstić information content (AvgIpc) is 2.08. The SMILES string of the molecule is C=C/C(Cl)=C(/OC)C(=C)C.CC. The summed E-state index contributed by atoms with van der Waals surface area (Å²) in [5.74, 6) is 0.594. The molecule has 0 aliphatic carbocycles. The van der Waals surface area contributed by atoms with E-state index in [0.29, 0.717) is 10.8 Å². The lowest BCUT2D eigenvalue weighted by molar-refractivity contribution is 0.300. The fourth-order valence-electron chi connectivity index (χ4n) is 0.568. The van der Waals surface area contributed by atoms with Gasteiger partial charge in [0.1, 0.15) is 5.76 Å². The van der Waals surface area contributed by atoms with Crippen molar-refractivity contribution in [3.8, 4) is 0 Å². The van der Waals surface area contributed by atoms with Crippen LogP contribution in [0.4, 0.5) is 0 Å². The lowest BCUT2D eigenvalue weighted by Crippen LogP contribution is -1.88. The van der Waals surface area contributed by atoms with E-state index >= 15 is 0 Å². The van der Waals surface area contributed by atoms with Crippen molar-refractivity contribution in [2.45, 2.75) is 20.8 Å². The van der Waals surface area contributed by atoms with Crippen LogP contribution >= 0.6 is 11.6 Å². The molecule has 0 radical (unpaired) electrons. The second-order valence-corrected chi connectivity index (χ2v) is 2.27. The first-order valence-corrected chi connectivity index (χ1v) is 4.23. The monoisotopic (exact) mass is 188 g/mol. The molecule has 0 aromatic carbocycles. The van der Waals surface area contributed by atoms with Crippen LogP contribution < -0.4 is 0 Å². The molecule has 0 rings (SSSR count). The van der Waals surface area contributed by atoms with Crippen LogP contribution in [0.3, 0.4) is 0 Å². The maximum absolute atomic E-state index is 5.70. The van der Waals surface area contributed by atoms with Crippen LogP contribution in [0.2, 0.25) is 0 Å². The summed E-state index contributed by atoms with van der Waals surface area (Å²) in [5, 5.41) is 0.495. The maximum Gasteiger partial charge on any atom is 0.139 e. The predicted molar refractivity (Wildman–Crippen MR) is 56.2 cm³/mol. The molecule has 0 saturated carbocycles. The fraction of sp³-hybridized carbons (Fsp3) is 0.400. The summed E-state index contributed by atoms with van der Waals surface area (Å²) in [5.41, 5.74) is 0.799. The first-order chi connectivity index (χ1) is 5.63. The Morgan fingerprint density at radius 1 is 1.42 bits per heavy atom. The zero-order chi connectivity index (χ0) is 10.1. The van der Waals surface area contributed by atoms with Gasteiger partial charge in [-0.05, 0) is 18.6 Å². The molecule has 0 atom stereocenters. The largest absolute Gasteiger partial charge is 0.495 e. The van der Waals surface area contributed by atoms with Crippen LogP contribution in [-0.2, 0) is 4.74 Å². The van der Waals surface area contributed by atoms with Crippen molar-refractivity contribution in [3.63, 3.8) is 0 Å². The number of hydrogen-bond acceptors (Lipinski definition) is 1. The van der Waals surface area contributed by atoms with Crippen molar-refractivity contribution in [1.29, 1.82) is 0 Å². The highest BCUT2D eigenvalue weighted by Crippen LogP contribution is 2.17. The molecule has 0 saturated heterocycles. The first kappa shape index (κ1) is 13.9. The van der Waals surface area contributed by atoms with Gasteiger partial charge in [-0.2, -0.15) is 0 Å². The van der Waals surface area contributed by atoms with E-state index in [1.54, 1.807) is 7.11 Å². The molecule has 0 N–H and O–H groups in total. The van der Waals surface area contributed by atoms with Crippen molar-refractivity contribution in [3.05, 3.63) is 35.6 Å². The number of rotatable bonds is 3. The van der Waals surface area contributed by atoms with Crippen LogP contribution in [-0.4, -0.2) is 7.11 Å². The van der Waals surface area contributed by atoms with Crippen molar-refractivity contribution in [1.82, 2.24) is 0 Å². The molecule has 0 fully saturated rings. The van der Waals surface area contributed by atoms with E-state index in [-0.39, 0.29) is 0 Å². The summed E-state index contributed by atoms with van der Waals surface area (Å²) in [6, 6.07) is 0. The second-order valence-electron chi connectivity index (χ2n) is 1.87. The Hall–Kier alpha value is -0.690. The van der Waals surface area contributed by atoms with Crippen molar-refractivity contribution < 1.29 is 4.74 Å². The summed E-state index contributed by atoms with van der Waals surface area (Å²) in [4.78, 5) is 0. The summed E-state index contributed by atoms with van der Waals surface area (Å²) in [6.07, 6.45) is 1.52. The van der Waals surface area contributed by atoms with Crippen LogP contribution in [0, 0.1) is 0 Å². The Morgan fingerprint density at radius 3 is 1.92 bits per heavy atom. The smallest absolute Gasteiger partial charge is 0.139 e. The summed E-state index contributed by atoms with van der Waals surface area (Å²) in [7, 11) is 1.55. The number of methoxy groups -OCH3 is 1. The van der Waals surface area contributed by atoms with E-state index in [9.17, 15) is 0 Å². The molecule has 1 nitrogen and oxygen atoms in total. The minimum absolute atomic E-state index is 0.495. The molecule has 0 aromatic rings. The van der Waals surface area contributed by atoms with Crippen molar-refractivity contribution in [2.75, 3.05) is 7.11 Å². The zero-order valence-corrected chi connectivity index (χ0v) is 9.03. The highest BCUT2D eigenvalue weighted by molar-refractivity contribution is 6.31. The van der Waals surface area contributed by atoms with Gasteiger partial charge in [-0.25, -0.2) is 0 Å². The van der Waals surface area contributed by atoms with Gasteiger partial charge in [-0.3, -0.25) is 0 Å². The third-order valence-electron chi connectivity index (χ3n) is 0.988. The van der Waals surface area contributed by atoms with Gasteiger partial charge in [-0.1, -0.05) is 38.6 Å². The topological polar surface area (TPSA) is 9.23 Å². The first-order valence-electron chi connectivity index (χ1n) is 3.85. The highest BCUT2D eigenvalue weighted by atomic mass is 35.5. The molecular formula is C10H17ClO.